The van der Waals surface area contributed by atoms with Gasteiger partial charge >= 0.3 is 0 Å². The summed E-state index contributed by atoms with van der Waals surface area (Å²) < 4.78 is 0. The first-order chi connectivity index (χ1) is 12.5. The van der Waals surface area contributed by atoms with E-state index in [4.69, 9.17) is 9.98 Å². The van der Waals surface area contributed by atoms with Crippen LogP contribution in [0.5, 0.6) is 0 Å². The minimum absolute atomic E-state index is 0.457. The number of fused-ring (bicyclic) bond motifs is 1. The van der Waals surface area contributed by atoms with Crippen molar-refractivity contribution in [3.05, 3.63) is 71.4 Å². The third kappa shape index (κ3) is 4.01. The molecule has 26 heavy (non-hydrogen) atoms. The van der Waals surface area contributed by atoms with Crippen LogP contribution >= 0.6 is 0 Å². The van der Waals surface area contributed by atoms with Crippen molar-refractivity contribution in [1.29, 1.82) is 0 Å². The molecule has 2 heteroatoms. The van der Waals surface area contributed by atoms with Crippen LogP contribution in [-0.4, -0.2) is 10.7 Å². The van der Waals surface area contributed by atoms with E-state index in [-0.39, 0.29) is 0 Å². The minimum Gasteiger partial charge on any atom is -0.257 e. The number of benzene rings is 2. The molecule has 0 aliphatic heterocycles. The first-order valence-corrected chi connectivity index (χ1v) is 9.47. The molecule has 0 bridgehead atoms. The van der Waals surface area contributed by atoms with E-state index in [1.54, 1.807) is 0 Å². The van der Waals surface area contributed by atoms with Gasteiger partial charge in [0.2, 0.25) is 0 Å². The Balaban J connectivity index is 1.96. The summed E-state index contributed by atoms with van der Waals surface area (Å²) in [5.74, 6) is 0.915. The summed E-state index contributed by atoms with van der Waals surface area (Å²) in [6.45, 7) is 11.0. The molecule has 0 fully saturated rings. The lowest BCUT2D eigenvalue weighted by Gasteiger charge is -2.17. The van der Waals surface area contributed by atoms with Gasteiger partial charge in [0.25, 0.3) is 0 Å². The molecule has 134 valence electrons. The molecule has 0 unspecified atom stereocenters. The zero-order valence-electron chi connectivity index (χ0n) is 16.5. The molecule has 0 radical (unpaired) electrons. The lowest BCUT2D eigenvalue weighted by Crippen LogP contribution is -2.02. The third-order valence-corrected chi connectivity index (χ3v) is 4.74. The number of hydrogen-bond donors (Lipinski definition) is 0. The summed E-state index contributed by atoms with van der Waals surface area (Å²) in [4.78, 5) is 9.84. The number of hydrogen-bond acceptors (Lipinski definition) is 2. The van der Waals surface area contributed by atoms with Gasteiger partial charge < -0.3 is 0 Å². The number of para-hydroxylation sites is 2. The first kappa shape index (κ1) is 18.3. The van der Waals surface area contributed by atoms with Gasteiger partial charge in [-0.2, -0.15) is 0 Å². The molecule has 0 amide bonds. The first-order valence-electron chi connectivity index (χ1n) is 9.47. The summed E-state index contributed by atoms with van der Waals surface area (Å²) in [6.07, 6.45) is 0.773. The summed E-state index contributed by atoms with van der Waals surface area (Å²) in [6, 6.07) is 19.1. The van der Waals surface area contributed by atoms with Gasteiger partial charge in [0.1, 0.15) is 0 Å². The van der Waals surface area contributed by atoms with E-state index < -0.39 is 0 Å². The molecule has 3 rings (SSSR count). The molecule has 0 saturated carbocycles. The number of aliphatic imine (C=N–C) groups is 1. The van der Waals surface area contributed by atoms with Crippen molar-refractivity contribution in [3.8, 4) is 0 Å². The maximum atomic E-state index is 5.05. The number of aromatic nitrogens is 1. The van der Waals surface area contributed by atoms with E-state index in [1.165, 1.54) is 16.5 Å². The van der Waals surface area contributed by atoms with Gasteiger partial charge in [0.15, 0.2) is 0 Å². The predicted molar refractivity (Wildman–Crippen MR) is 113 cm³/mol. The van der Waals surface area contributed by atoms with Crippen LogP contribution in [0.1, 0.15) is 63.3 Å². The number of pyridine rings is 1. The lowest BCUT2D eigenvalue weighted by atomic mass is 9.93. The predicted octanol–water partition coefficient (Wildman–Crippen LogP) is 6.82. The van der Waals surface area contributed by atoms with Crippen LogP contribution in [0.4, 0.5) is 5.69 Å². The Labute approximate surface area is 157 Å². The quantitative estimate of drug-likeness (QED) is 0.466. The van der Waals surface area contributed by atoms with Crippen molar-refractivity contribution >= 4 is 22.3 Å². The fourth-order valence-corrected chi connectivity index (χ4v) is 3.34. The molecule has 2 aromatic carbocycles. The van der Waals surface area contributed by atoms with Crippen LogP contribution in [0, 0.1) is 0 Å². The largest absolute Gasteiger partial charge is 0.257 e. The maximum Gasteiger partial charge on any atom is 0.0705 e. The molecule has 3 aromatic rings. The zero-order chi connectivity index (χ0) is 18.7. The molecule has 0 N–H and O–H groups in total. The highest BCUT2D eigenvalue weighted by Gasteiger charge is 2.13. The van der Waals surface area contributed by atoms with E-state index in [0.717, 1.165) is 29.0 Å². The van der Waals surface area contributed by atoms with Crippen molar-refractivity contribution in [2.75, 3.05) is 0 Å². The number of nitrogens with zero attached hydrogens (tertiary/aromatic N) is 2. The smallest absolute Gasteiger partial charge is 0.0705 e. The topological polar surface area (TPSA) is 25.2 Å². The Kier molecular flexibility index (Phi) is 5.51. The van der Waals surface area contributed by atoms with Crippen LogP contribution < -0.4 is 0 Å². The van der Waals surface area contributed by atoms with Gasteiger partial charge in [0, 0.05) is 23.2 Å². The normalized spacial score (nSPS) is 12.3. The van der Waals surface area contributed by atoms with Crippen LogP contribution in [-0.2, 0) is 6.42 Å². The highest BCUT2D eigenvalue weighted by Crippen LogP contribution is 2.35. The highest BCUT2D eigenvalue weighted by atomic mass is 14.8. The summed E-state index contributed by atoms with van der Waals surface area (Å²) in [5, 5.41) is 1.18. The molecule has 0 atom stereocenters. The Morgan fingerprint density at radius 1 is 0.846 bits per heavy atom. The van der Waals surface area contributed by atoms with Crippen LogP contribution in [0.15, 0.2) is 59.6 Å². The van der Waals surface area contributed by atoms with Gasteiger partial charge in [-0.3, -0.25) is 9.98 Å². The number of rotatable bonds is 5. The fraction of sp³-hybridized carbons (Fsp3) is 0.333. The molecule has 0 saturated heterocycles. The lowest BCUT2D eigenvalue weighted by molar-refractivity contribution is 0.834. The fourth-order valence-electron chi connectivity index (χ4n) is 3.34. The average molecular weight is 345 g/mol. The zero-order valence-corrected chi connectivity index (χ0v) is 16.5. The SMILES string of the molecule is CC(Cc1ccc2ccccc2n1)=Nc1c(C(C)C)cccc1C(C)C. The van der Waals surface area contributed by atoms with Crippen molar-refractivity contribution in [2.24, 2.45) is 4.99 Å². The summed E-state index contributed by atoms with van der Waals surface area (Å²) in [7, 11) is 0. The molecule has 0 aliphatic rings. The Bertz CT molecular complexity index is 910. The average Bonchev–Trinajstić information content (AvgIpc) is 2.61. The Morgan fingerprint density at radius 2 is 1.50 bits per heavy atom. The summed E-state index contributed by atoms with van der Waals surface area (Å²) >= 11 is 0. The van der Waals surface area contributed by atoms with Crippen molar-refractivity contribution in [2.45, 2.75) is 52.9 Å². The van der Waals surface area contributed by atoms with E-state index in [0.29, 0.717) is 11.8 Å². The second kappa shape index (κ2) is 7.82. The van der Waals surface area contributed by atoms with Crippen LogP contribution in [0.3, 0.4) is 0 Å². The van der Waals surface area contributed by atoms with Crippen LogP contribution in [0.2, 0.25) is 0 Å². The maximum absolute atomic E-state index is 5.05. The van der Waals surface area contributed by atoms with E-state index >= 15 is 0 Å². The van der Waals surface area contributed by atoms with Gasteiger partial charge in [0.05, 0.1) is 11.2 Å². The van der Waals surface area contributed by atoms with E-state index in [9.17, 15) is 0 Å². The van der Waals surface area contributed by atoms with Crippen LogP contribution in [0.25, 0.3) is 10.9 Å². The molecular formula is C24H28N2. The van der Waals surface area contributed by atoms with Gasteiger partial charge in [-0.15, -0.1) is 0 Å². The molecular weight excluding hydrogens is 316 g/mol. The Hall–Kier alpha value is -2.48. The summed E-state index contributed by atoms with van der Waals surface area (Å²) in [5.41, 5.74) is 7.00. The van der Waals surface area contributed by atoms with Gasteiger partial charge in [-0.05, 0) is 42.0 Å². The monoisotopic (exact) mass is 344 g/mol. The molecule has 0 spiro atoms. The van der Waals surface area contributed by atoms with Crippen molar-refractivity contribution in [1.82, 2.24) is 4.98 Å². The minimum atomic E-state index is 0.457. The van der Waals surface area contributed by atoms with E-state index in [2.05, 4.69) is 77.1 Å². The van der Waals surface area contributed by atoms with Gasteiger partial charge in [-0.1, -0.05) is 70.2 Å². The van der Waals surface area contributed by atoms with E-state index in [1.807, 2.05) is 12.1 Å². The Morgan fingerprint density at radius 3 is 2.15 bits per heavy atom. The second-order valence-electron chi connectivity index (χ2n) is 7.61. The molecule has 2 nitrogen and oxygen atoms in total. The second-order valence-corrected chi connectivity index (χ2v) is 7.61. The van der Waals surface area contributed by atoms with Crippen molar-refractivity contribution in [3.63, 3.8) is 0 Å². The third-order valence-electron chi connectivity index (χ3n) is 4.74. The molecule has 1 heterocycles. The van der Waals surface area contributed by atoms with Gasteiger partial charge in [-0.25, -0.2) is 0 Å². The molecule has 1 aromatic heterocycles. The molecule has 0 aliphatic carbocycles. The standard InChI is InChI=1S/C24H28N2/c1-16(2)21-10-8-11-22(17(3)4)24(21)25-18(5)15-20-14-13-19-9-6-7-12-23(19)26-20/h6-14,16-17H,15H2,1-5H3. The highest BCUT2D eigenvalue weighted by molar-refractivity contribution is 5.88. The van der Waals surface area contributed by atoms with Crippen molar-refractivity contribution < 1.29 is 0 Å².